The lowest BCUT2D eigenvalue weighted by atomic mass is 10.1. The second-order valence-electron chi connectivity index (χ2n) is 4.23. The van der Waals surface area contributed by atoms with Gasteiger partial charge in [0.2, 0.25) is 0 Å². The normalized spacial score (nSPS) is 16.3. The SMILES string of the molecule is O=C(NCC1CCCC1)c1ccc(Cl)nc1. The average Bonchev–Trinajstić information content (AvgIpc) is 2.80. The van der Waals surface area contributed by atoms with Gasteiger partial charge in [-0.3, -0.25) is 4.79 Å². The zero-order chi connectivity index (χ0) is 11.4. The fourth-order valence-corrected chi connectivity index (χ4v) is 2.18. The largest absolute Gasteiger partial charge is 0.352 e. The minimum absolute atomic E-state index is 0.0592. The maximum absolute atomic E-state index is 11.7. The Morgan fingerprint density at radius 1 is 1.44 bits per heavy atom. The summed E-state index contributed by atoms with van der Waals surface area (Å²) in [6.45, 7) is 0.779. The third-order valence-corrected chi connectivity index (χ3v) is 3.24. The molecule has 0 unspecified atom stereocenters. The van der Waals surface area contributed by atoms with Gasteiger partial charge < -0.3 is 5.32 Å². The van der Waals surface area contributed by atoms with E-state index < -0.39 is 0 Å². The van der Waals surface area contributed by atoms with Crippen LogP contribution in [0.3, 0.4) is 0 Å². The number of carbonyl (C=O) groups excluding carboxylic acids is 1. The van der Waals surface area contributed by atoms with Crippen molar-refractivity contribution in [2.45, 2.75) is 25.7 Å². The lowest BCUT2D eigenvalue weighted by Crippen LogP contribution is -2.28. The number of carbonyl (C=O) groups is 1. The molecule has 1 aliphatic carbocycles. The first-order valence-corrected chi connectivity index (χ1v) is 6.03. The van der Waals surface area contributed by atoms with Crippen molar-refractivity contribution in [3.63, 3.8) is 0 Å². The number of aromatic nitrogens is 1. The Balaban J connectivity index is 1.85. The summed E-state index contributed by atoms with van der Waals surface area (Å²) >= 11 is 5.65. The maximum atomic E-state index is 11.7. The number of pyridine rings is 1. The van der Waals surface area contributed by atoms with Crippen LogP contribution in [0.15, 0.2) is 18.3 Å². The Morgan fingerprint density at radius 2 is 2.19 bits per heavy atom. The molecule has 2 rings (SSSR count). The molecule has 0 aromatic carbocycles. The van der Waals surface area contributed by atoms with Crippen LogP contribution < -0.4 is 5.32 Å². The second-order valence-corrected chi connectivity index (χ2v) is 4.62. The molecule has 3 nitrogen and oxygen atoms in total. The van der Waals surface area contributed by atoms with E-state index in [2.05, 4.69) is 10.3 Å². The molecular formula is C12H15ClN2O. The molecule has 86 valence electrons. The van der Waals surface area contributed by atoms with Crippen LogP contribution in [0, 0.1) is 5.92 Å². The molecule has 1 aromatic heterocycles. The van der Waals surface area contributed by atoms with Crippen LogP contribution in [-0.4, -0.2) is 17.4 Å². The summed E-state index contributed by atoms with van der Waals surface area (Å²) in [5.41, 5.74) is 0.572. The van der Waals surface area contributed by atoms with Crippen LogP contribution in [0.2, 0.25) is 5.15 Å². The molecule has 0 bridgehead atoms. The zero-order valence-corrected chi connectivity index (χ0v) is 9.83. The predicted octanol–water partition coefficient (Wildman–Crippen LogP) is 2.66. The third kappa shape index (κ3) is 2.95. The molecule has 1 aromatic rings. The summed E-state index contributed by atoms with van der Waals surface area (Å²) < 4.78 is 0. The number of nitrogens with zero attached hydrogens (tertiary/aromatic N) is 1. The van der Waals surface area contributed by atoms with Gasteiger partial charge in [0.05, 0.1) is 5.56 Å². The molecular weight excluding hydrogens is 224 g/mol. The van der Waals surface area contributed by atoms with E-state index in [1.165, 1.54) is 31.9 Å². The van der Waals surface area contributed by atoms with Gasteiger partial charge in [0.1, 0.15) is 5.15 Å². The highest BCUT2D eigenvalue weighted by molar-refractivity contribution is 6.29. The minimum atomic E-state index is -0.0592. The first-order chi connectivity index (χ1) is 7.75. The molecule has 0 radical (unpaired) electrons. The topological polar surface area (TPSA) is 42.0 Å². The van der Waals surface area contributed by atoms with Gasteiger partial charge in [-0.15, -0.1) is 0 Å². The quantitative estimate of drug-likeness (QED) is 0.823. The lowest BCUT2D eigenvalue weighted by molar-refractivity contribution is 0.0947. The van der Waals surface area contributed by atoms with Crippen molar-refractivity contribution in [1.82, 2.24) is 10.3 Å². The van der Waals surface area contributed by atoms with Gasteiger partial charge in [-0.2, -0.15) is 0 Å². The van der Waals surface area contributed by atoms with Crippen LogP contribution in [0.1, 0.15) is 36.0 Å². The number of halogens is 1. The highest BCUT2D eigenvalue weighted by atomic mass is 35.5. The molecule has 0 aliphatic heterocycles. The van der Waals surface area contributed by atoms with Crippen molar-refractivity contribution < 1.29 is 4.79 Å². The Kier molecular flexibility index (Phi) is 3.78. The van der Waals surface area contributed by atoms with E-state index in [4.69, 9.17) is 11.6 Å². The molecule has 1 heterocycles. The molecule has 1 N–H and O–H groups in total. The summed E-state index contributed by atoms with van der Waals surface area (Å²) in [4.78, 5) is 15.6. The standard InChI is InChI=1S/C12H15ClN2O/c13-11-6-5-10(8-14-11)12(16)15-7-9-3-1-2-4-9/h5-6,8-9H,1-4,7H2,(H,15,16). The fraction of sp³-hybridized carbons (Fsp3) is 0.500. The van der Waals surface area contributed by atoms with E-state index in [0.29, 0.717) is 16.6 Å². The highest BCUT2D eigenvalue weighted by Crippen LogP contribution is 2.23. The Hall–Kier alpha value is -1.09. The van der Waals surface area contributed by atoms with Crippen LogP contribution in [-0.2, 0) is 0 Å². The van der Waals surface area contributed by atoms with Crippen LogP contribution >= 0.6 is 11.6 Å². The number of nitrogens with one attached hydrogen (secondary N) is 1. The summed E-state index contributed by atoms with van der Waals surface area (Å²) in [5, 5.41) is 3.35. The van der Waals surface area contributed by atoms with Crippen molar-refractivity contribution in [3.8, 4) is 0 Å². The number of rotatable bonds is 3. The molecule has 1 aliphatic rings. The first-order valence-electron chi connectivity index (χ1n) is 5.65. The van der Waals surface area contributed by atoms with Crippen molar-refractivity contribution in [3.05, 3.63) is 29.0 Å². The molecule has 0 saturated heterocycles. The van der Waals surface area contributed by atoms with Crippen molar-refractivity contribution in [2.75, 3.05) is 6.54 Å². The molecule has 1 amide bonds. The van der Waals surface area contributed by atoms with Gasteiger partial charge in [0.25, 0.3) is 5.91 Å². The molecule has 16 heavy (non-hydrogen) atoms. The summed E-state index contributed by atoms with van der Waals surface area (Å²) in [6.07, 6.45) is 6.57. The monoisotopic (exact) mass is 238 g/mol. The lowest BCUT2D eigenvalue weighted by Gasteiger charge is -2.10. The van der Waals surface area contributed by atoms with Crippen molar-refractivity contribution in [1.29, 1.82) is 0 Å². The van der Waals surface area contributed by atoms with Gasteiger partial charge in [0.15, 0.2) is 0 Å². The van der Waals surface area contributed by atoms with Gasteiger partial charge in [-0.1, -0.05) is 24.4 Å². The van der Waals surface area contributed by atoms with E-state index in [1.807, 2.05) is 0 Å². The molecule has 0 spiro atoms. The Morgan fingerprint density at radius 3 is 2.81 bits per heavy atom. The minimum Gasteiger partial charge on any atom is -0.352 e. The Bertz CT molecular complexity index is 358. The highest BCUT2D eigenvalue weighted by Gasteiger charge is 2.16. The maximum Gasteiger partial charge on any atom is 0.252 e. The van der Waals surface area contributed by atoms with E-state index in [0.717, 1.165) is 6.54 Å². The predicted molar refractivity (Wildman–Crippen MR) is 63.5 cm³/mol. The summed E-state index contributed by atoms with van der Waals surface area (Å²) in [7, 11) is 0. The molecule has 1 fully saturated rings. The van der Waals surface area contributed by atoms with Crippen LogP contribution in [0.25, 0.3) is 0 Å². The van der Waals surface area contributed by atoms with Gasteiger partial charge in [-0.05, 0) is 30.9 Å². The molecule has 0 atom stereocenters. The first kappa shape index (κ1) is 11.4. The van der Waals surface area contributed by atoms with Crippen LogP contribution in [0.4, 0.5) is 0 Å². The number of hydrogen-bond donors (Lipinski definition) is 1. The van der Waals surface area contributed by atoms with Gasteiger partial charge in [0, 0.05) is 12.7 Å². The van der Waals surface area contributed by atoms with Crippen LogP contribution in [0.5, 0.6) is 0 Å². The van der Waals surface area contributed by atoms with E-state index in [9.17, 15) is 4.79 Å². The van der Waals surface area contributed by atoms with E-state index in [-0.39, 0.29) is 5.91 Å². The average molecular weight is 239 g/mol. The molecule has 4 heteroatoms. The molecule has 1 saturated carbocycles. The summed E-state index contributed by atoms with van der Waals surface area (Å²) in [6, 6.07) is 3.32. The smallest absolute Gasteiger partial charge is 0.252 e. The Labute approximate surface area is 100 Å². The second kappa shape index (κ2) is 5.30. The zero-order valence-electron chi connectivity index (χ0n) is 9.08. The number of hydrogen-bond acceptors (Lipinski definition) is 2. The number of amides is 1. The third-order valence-electron chi connectivity index (χ3n) is 3.02. The van der Waals surface area contributed by atoms with Gasteiger partial charge >= 0.3 is 0 Å². The summed E-state index contributed by atoms with van der Waals surface area (Å²) in [5.74, 6) is 0.597. The van der Waals surface area contributed by atoms with E-state index in [1.54, 1.807) is 12.1 Å². The van der Waals surface area contributed by atoms with Crippen molar-refractivity contribution >= 4 is 17.5 Å². The van der Waals surface area contributed by atoms with Gasteiger partial charge in [-0.25, -0.2) is 4.98 Å². The fourth-order valence-electron chi connectivity index (χ4n) is 2.06. The van der Waals surface area contributed by atoms with Crippen molar-refractivity contribution in [2.24, 2.45) is 5.92 Å². The van der Waals surface area contributed by atoms with E-state index >= 15 is 0 Å².